The Morgan fingerprint density at radius 1 is 1.30 bits per heavy atom. The second-order valence-corrected chi connectivity index (χ2v) is 7.49. The molecule has 2 fully saturated rings. The Morgan fingerprint density at radius 3 is 2.59 bits per heavy atom. The van der Waals surface area contributed by atoms with Gasteiger partial charge in [-0.1, -0.05) is 30.3 Å². The summed E-state index contributed by atoms with van der Waals surface area (Å²) in [7, 11) is 0. The molecule has 1 aromatic carbocycles. The van der Waals surface area contributed by atoms with E-state index in [2.05, 4.69) is 5.32 Å². The lowest BCUT2D eigenvalue weighted by atomic mass is 9.85. The van der Waals surface area contributed by atoms with Gasteiger partial charge in [0, 0.05) is 26.2 Å². The Bertz CT molecular complexity index is 700. The molecule has 0 saturated carbocycles. The molecule has 1 aromatic rings. The first-order chi connectivity index (χ1) is 12.9. The van der Waals surface area contributed by atoms with Crippen molar-refractivity contribution >= 4 is 17.8 Å². The van der Waals surface area contributed by atoms with Crippen LogP contribution in [0.4, 0.5) is 0 Å². The third-order valence-corrected chi connectivity index (χ3v) is 5.61. The van der Waals surface area contributed by atoms with Gasteiger partial charge in [-0.05, 0) is 25.3 Å². The number of likely N-dealkylation sites (tertiary alicyclic amines) is 1. The summed E-state index contributed by atoms with van der Waals surface area (Å²) in [6, 6.07) is 9.61. The van der Waals surface area contributed by atoms with Crippen molar-refractivity contribution in [2.45, 2.75) is 44.2 Å². The Labute approximate surface area is 158 Å². The maximum atomic E-state index is 12.8. The highest BCUT2D eigenvalue weighted by Gasteiger charge is 2.42. The van der Waals surface area contributed by atoms with Crippen molar-refractivity contribution in [2.24, 2.45) is 5.92 Å². The number of benzene rings is 1. The van der Waals surface area contributed by atoms with Gasteiger partial charge >= 0.3 is 5.97 Å². The number of amides is 2. The van der Waals surface area contributed by atoms with E-state index in [0.29, 0.717) is 32.6 Å². The van der Waals surface area contributed by atoms with Crippen LogP contribution in [0.3, 0.4) is 0 Å². The van der Waals surface area contributed by atoms with E-state index in [1.807, 2.05) is 37.3 Å². The maximum Gasteiger partial charge on any atom is 0.305 e. The van der Waals surface area contributed by atoms with Crippen molar-refractivity contribution in [3.05, 3.63) is 35.9 Å². The molecule has 0 radical (unpaired) electrons. The third-order valence-electron chi connectivity index (χ3n) is 5.61. The molecule has 2 unspecified atom stereocenters. The van der Waals surface area contributed by atoms with Crippen LogP contribution in [0.1, 0.15) is 44.2 Å². The molecule has 2 aliphatic rings. The highest BCUT2D eigenvalue weighted by Crippen LogP contribution is 2.30. The molecule has 0 bridgehead atoms. The van der Waals surface area contributed by atoms with Crippen LogP contribution >= 0.6 is 0 Å². The van der Waals surface area contributed by atoms with E-state index in [0.717, 1.165) is 5.56 Å². The minimum atomic E-state index is -0.945. The molecule has 2 N–H and O–H groups in total. The molecule has 27 heavy (non-hydrogen) atoms. The van der Waals surface area contributed by atoms with E-state index < -0.39 is 17.4 Å². The largest absolute Gasteiger partial charge is 0.481 e. The fourth-order valence-corrected chi connectivity index (χ4v) is 3.95. The number of nitrogens with one attached hydrogen (secondary N) is 1. The van der Waals surface area contributed by atoms with E-state index in [1.165, 1.54) is 0 Å². The van der Waals surface area contributed by atoms with Gasteiger partial charge < -0.3 is 20.1 Å². The summed E-state index contributed by atoms with van der Waals surface area (Å²) in [6.07, 6.45) is 0.960. The number of rotatable bonds is 6. The topological polar surface area (TPSA) is 95.9 Å². The van der Waals surface area contributed by atoms with Crippen molar-refractivity contribution in [1.29, 1.82) is 0 Å². The summed E-state index contributed by atoms with van der Waals surface area (Å²) < 4.78 is 5.32. The predicted molar refractivity (Wildman–Crippen MR) is 97.9 cm³/mol. The fourth-order valence-electron chi connectivity index (χ4n) is 3.95. The molecule has 0 aliphatic carbocycles. The van der Waals surface area contributed by atoms with Crippen LogP contribution in [-0.2, 0) is 19.1 Å². The van der Waals surface area contributed by atoms with Crippen LogP contribution in [0, 0.1) is 5.92 Å². The number of carboxylic acid groups (broad SMARTS) is 1. The SMILES string of the molecule is CC(c1ccccc1)N1CC(C(=O)NC2(CC(=O)O)CCOCC2)CC1=O. The summed E-state index contributed by atoms with van der Waals surface area (Å²) in [6.45, 7) is 3.15. The van der Waals surface area contributed by atoms with Crippen LogP contribution in [0.2, 0.25) is 0 Å². The molecular weight excluding hydrogens is 348 g/mol. The van der Waals surface area contributed by atoms with Crippen molar-refractivity contribution in [3.63, 3.8) is 0 Å². The van der Waals surface area contributed by atoms with Crippen molar-refractivity contribution < 1.29 is 24.2 Å². The van der Waals surface area contributed by atoms with Gasteiger partial charge in [-0.3, -0.25) is 14.4 Å². The van der Waals surface area contributed by atoms with Crippen molar-refractivity contribution in [3.8, 4) is 0 Å². The van der Waals surface area contributed by atoms with E-state index >= 15 is 0 Å². The molecule has 2 aliphatic heterocycles. The van der Waals surface area contributed by atoms with Gasteiger partial charge in [0.25, 0.3) is 0 Å². The molecule has 7 nitrogen and oxygen atoms in total. The zero-order valence-electron chi connectivity index (χ0n) is 15.5. The van der Waals surface area contributed by atoms with Crippen molar-refractivity contribution in [2.75, 3.05) is 19.8 Å². The van der Waals surface area contributed by atoms with Gasteiger partial charge in [-0.25, -0.2) is 0 Å². The molecule has 7 heteroatoms. The number of aliphatic carboxylic acids is 1. The zero-order valence-corrected chi connectivity index (χ0v) is 15.5. The smallest absolute Gasteiger partial charge is 0.305 e. The highest BCUT2D eigenvalue weighted by atomic mass is 16.5. The number of ether oxygens (including phenoxy) is 1. The van der Waals surface area contributed by atoms with Crippen LogP contribution < -0.4 is 5.32 Å². The maximum absolute atomic E-state index is 12.8. The average Bonchev–Trinajstić information content (AvgIpc) is 3.04. The van der Waals surface area contributed by atoms with Gasteiger partial charge in [0.1, 0.15) is 0 Å². The predicted octanol–water partition coefficient (Wildman–Crippen LogP) is 1.74. The van der Waals surface area contributed by atoms with Gasteiger partial charge in [0.15, 0.2) is 0 Å². The standard InChI is InChI=1S/C20H26N2O5/c1-14(15-5-3-2-4-6-15)22-13-16(11-17(22)23)19(26)21-20(12-18(24)25)7-9-27-10-8-20/h2-6,14,16H,7-13H2,1H3,(H,21,26)(H,24,25). The average molecular weight is 374 g/mol. The Hall–Kier alpha value is -2.41. The summed E-state index contributed by atoms with van der Waals surface area (Å²) >= 11 is 0. The first-order valence-electron chi connectivity index (χ1n) is 9.36. The van der Waals surface area contributed by atoms with E-state index in [-0.39, 0.29) is 30.7 Å². The van der Waals surface area contributed by atoms with Crippen LogP contribution in [0.25, 0.3) is 0 Å². The summed E-state index contributed by atoms with van der Waals surface area (Å²) in [5.74, 6) is -1.70. The monoisotopic (exact) mass is 374 g/mol. The minimum absolute atomic E-state index is 0.0502. The zero-order chi connectivity index (χ0) is 19.4. The first-order valence-corrected chi connectivity index (χ1v) is 9.36. The molecule has 146 valence electrons. The second kappa shape index (κ2) is 8.08. The van der Waals surface area contributed by atoms with E-state index in [1.54, 1.807) is 4.90 Å². The number of hydrogen-bond donors (Lipinski definition) is 2. The molecular formula is C20H26N2O5. The summed E-state index contributed by atoms with van der Waals surface area (Å²) in [5.41, 5.74) is 0.238. The van der Waals surface area contributed by atoms with Gasteiger partial charge in [0.2, 0.25) is 11.8 Å². The summed E-state index contributed by atoms with van der Waals surface area (Å²) in [4.78, 5) is 38.3. The number of carboxylic acids is 1. The third kappa shape index (κ3) is 4.47. The molecule has 2 heterocycles. The molecule has 3 rings (SSSR count). The number of hydrogen-bond acceptors (Lipinski definition) is 4. The normalized spacial score (nSPS) is 23.1. The van der Waals surface area contributed by atoms with E-state index in [9.17, 15) is 19.5 Å². The van der Waals surface area contributed by atoms with Crippen LogP contribution in [-0.4, -0.2) is 53.1 Å². The number of carbonyl (C=O) groups excluding carboxylic acids is 2. The lowest BCUT2D eigenvalue weighted by Gasteiger charge is -2.37. The van der Waals surface area contributed by atoms with Crippen LogP contribution in [0.5, 0.6) is 0 Å². The Kier molecular flexibility index (Phi) is 5.79. The first kappa shape index (κ1) is 19.4. The van der Waals surface area contributed by atoms with Gasteiger partial charge in [0.05, 0.1) is 23.9 Å². The molecule has 2 amide bonds. The molecule has 0 aromatic heterocycles. The lowest BCUT2D eigenvalue weighted by molar-refractivity contribution is -0.141. The van der Waals surface area contributed by atoms with Gasteiger partial charge in [-0.2, -0.15) is 0 Å². The quantitative estimate of drug-likeness (QED) is 0.791. The second-order valence-electron chi connectivity index (χ2n) is 7.49. The van der Waals surface area contributed by atoms with E-state index in [4.69, 9.17) is 4.74 Å². The van der Waals surface area contributed by atoms with Crippen molar-refractivity contribution in [1.82, 2.24) is 10.2 Å². The fraction of sp³-hybridized carbons (Fsp3) is 0.550. The number of carbonyl (C=O) groups is 3. The lowest BCUT2D eigenvalue weighted by Crippen LogP contribution is -2.54. The summed E-state index contributed by atoms with van der Waals surface area (Å²) in [5, 5.41) is 12.2. The molecule has 2 saturated heterocycles. The highest BCUT2D eigenvalue weighted by molar-refractivity contribution is 5.90. The molecule has 2 atom stereocenters. The Morgan fingerprint density at radius 2 is 1.96 bits per heavy atom. The van der Waals surface area contributed by atoms with Crippen LogP contribution in [0.15, 0.2) is 30.3 Å². The number of nitrogens with zero attached hydrogens (tertiary/aromatic N) is 1. The van der Waals surface area contributed by atoms with Gasteiger partial charge in [-0.15, -0.1) is 0 Å². The molecule has 0 spiro atoms. The Balaban J connectivity index is 1.67. The minimum Gasteiger partial charge on any atom is -0.481 e.